The van der Waals surface area contributed by atoms with Crippen LogP contribution in [0.15, 0.2) is 241 Å². The van der Waals surface area contributed by atoms with Crippen molar-refractivity contribution < 1.29 is 4.42 Å². The van der Waals surface area contributed by atoms with Gasteiger partial charge in [0.2, 0.25) is 0 Å². The molecule has 2 nitrogen and oxygen atoms in total. The molecule has 0 aliphatic carbocycles. The van der Waals surface area contributed by atoms with Crippen LogP contribution in [0, 0.1) is 0 Å². The van der Waals surface area contributed by atoms with Crippen LogP contribution in [-0.4, -0.2) is 0 Å². The third kappa shape index (κ3) is 6.04. The van der Waals surface area contributed by atoms with Gasteiger partial charge in [-0.15, -0.1) is 0 Å². The third-order valence-electron chi connectivity index (χ3n) is 12.5. The lowest BCUT2D eigenvalue weighted by Crippen LogP contribution is -2.11. The lowest BCUT2D eigenvalue weighted by molar-refractivity contribution is 0.673. The highest BCUT2D eigenvalue weighted by atomic mass is 16.3. The highest BCUT2D eigenvalue weighted by molar-refractivity contribution is 6.19. The lowest BCUT2D eigenvalue weighted by Gasteiger charge is -2.28. The third-order valence-corrected chi connectivity index (χ3v) is 12.5. The first-order valence-corrected chi connectivity index (χ1v) is 21.2. The molecule has 2 heteroatoms. The van der Waals surface area contributed by atoms with Crippen LogP contribution in [0.4, 0.5) is 17.1 Å². The fourth-order valence-electron chi connectivity index (χ4n) is 9.52. The molecule has 0 unspecified atom stereocenters. The van der Waals surface area contributed by atoms with Crippen molar-refractivity contribution in [2.24, 2.45) is 0 Å². The number of nitrogens with zero attached hydrogens (tertiary/aromatic N) is 1. The van der Waals surface area contributed by atoms with E-state index in [9.17, 15) is 0 Å². The first-order valence-electron chi connectivity index (χ1n) is 21.2. The predicted octanol–water partition coefficient (Wildman–Crippen LogP) is 17.2. The Kier molecular flexibility index (Phi) is 8.53. The molecule has 0 radical (unpaired) electrons. The molecular formula is C60H39NO. The van der Waals surface area contributed by atoms with Crippen LogP contribution in [0.5, 0.6) is 0 Å². The fourth-order valence-corrected chi connectivity index (χ4v) is 9.52. The number of hydrogen-bond donors (Lipinski definition) is 0. The van der Waals surface area contributed by atoms with Gasteiger partial charge in [0.1, 0.15) is 11.2 Å². The van der Waals surface area contributed by atoms with Crippen molar-refractivity contribution in [2.45, 2.75) is 0 Å². The van der Waals surface area contributed by atoms with Gasteiger partial charge in [0.05, 0.1) is 5.69 Å². The second kappa shape index (κ2) is 14.8. The van der Waals surface area contributed by atoms with Crippen LogP contribution in [-0.2, 0) is 0 Å². The minimum Gasteiger partial charge on any atom is -0.455 e. The molecular weight excluding hydrogens is 751 g/mol. The van der Waals surface area contributed by atoms with Crippen LogP contribution in [0.25, 0.3) is 98.8 Å². The van der Waals surface area contributed by atoms with E-state index in [0.29, 0.717) is 0 Å². The van der Waals surface area contributed by atoms with E-state index < -0.39 is 0 Å². The molecule has 1 aromatic heterocycles. The van der Waals surface area contributed by atoms with E-state index in [1.54, 1.807) is 0 Å². The number of benzene rings is 11. The van der Waals surface area contributed by atoms with E-state index in [1.165, 1.54) is 54.7 Å². The second-order valence-corrected chi connectivity index (χ2v) is 16.0. The van der Waals surface area contributed by atoms with Gasteiger partial charge in [0.15, 0.2) is 0 Å². The van der Waals surface area contributed by atoms with Crippen LogP contribution >= 0.6 is 0 Å². The van der Waals surface area contributed by atoms with Crippen molar-refractivity contribution >= 4 is 71.3 Å². The smallest absolute Gasteiger partial charge is 0.143 e. The Hall–Kier alpha value is -8.20. The monoisotopic (exact) mass is 789 g/mol. The van der Waals surface area contributed by atoms with E-state index in [0.717, 1.165) is 61.1 Å². The van der Waals surface area contributed by atoms with E-state index in [1.807, 2.05) is 0 Å². The number of hydrogen-bond acceptors (Lipinski definition) is 2. The summed E-state index contributed by atoms with van der Waals surface area (Å²) in [5, 5.41) is 9.52. The summed E-state index contributed by atoms with van der Waals surface area (Å²) < 4.78 is 6.68. The molecule has 0 saturated carbocycles. The molecule has 12 aromatic rings. The zero-order valence-electron chi connectivity index (χ0n) is 33.9. The number of rotatable bonds is 7. The van der Waals surface area contributed by atoms with Gasteiger partial charge in [0.25, 0.3) is 0 Å². The minimum atomic E-state index is 0.879. The molecule has 12 rings (SSSR count). The van der Waals surface area contributed by atoms with Crippen LogP contribution in [0.3, 0.4) is 0 Å². The number of para-hydroxylation sites is 1. The van der Waals surface area contributed by atoms with Crippen LogP contribution in [0.1, 0.15) is 0 Å². The van der Waals surface area contributed by atoms with Gasteiger partial charge in [-0.1, -0.05) is 188 Å². The number of anilines is 3. The summed E-state index contributed by atoms with van der Waals surface area (Å²) in [4.78, 5) is 2.40. The Morgan fingerprint density at radius 2 is 0.790 bits per heavy atom. The maximum Gasteiger partial charge on any atom is 0.143 e. The normalized spacial score (nSPS) is 11.5. The first kappa shape index (κ1) is 35.7. The molecule has 0 fully saturated rings. The zero-order chi connectivity index (χ0) is 41.0. The van der Waals surface area contributed by atoms with Gasteiger partial charge >= 0.3 is 0 Å². The van der Waals surface area contributed by atoms with Crippen LogP contribution < -0.4 is 4.90 Å². The largest absolute Gasteiger partial charge is 0.455 e. The van der Waals surface area contributed by atoms with E-state index >= 15 is 0 Å². The van der Waals surface area contributed by atoms with Crippen molar-refractivity contribution in [1.29, 1.82) is 0 Å². The maximum atomic E-state index is 6.68. The van der Waals surface area contributed by atoms with Gasteiger partial charge in [-0.2, -0.15) is 0 Å². The molecule has 62 heavy (non-hydrogen) atoms. The highest BCUT2D eigenvalue weighted by Crippen LogP contribution is 2.46. The SMILES string of the molecule is c1cc(-c2ccc(N(c3ccc(-c4cccc5ccccc45)cc3)c3ccccc3-c3cccc4oc5c6ccccc6ccc5c34)cc2)cc(-c2cccc3ccccc23)c1. The quantitative estimate of drug-likeness (QED) is 0.160. The summed E-state index contributed by atoms with van der Waals surface area (Å²) in [6.45, 7) is 0. The summed E-state index contributed by atoms with van der Waals surface area (Å²) in [7, 11) is 0. The van der Waals surface area contributed by atoms with Crippen LogP contribution in [0.2, 0.25) is 0 Å². The lowest BCUT2D eigenvalue weighted by atomic mass is 9.94. The Balaban J connectivity index is 1.00. The fraction of sp³-hybridized carbons (Fsp3) is 0. The zero-order valence-corrected chi connectivity index (χ0v) is 33.9. The highest BCUT2D eigenvalue weighted by Gasteiger charge is 2.21. The van der Waals surface area contributed by atoms with Gasteiger partial charge < -0.3 is 9.32 Å². The first-order chi connectivity index (χ1) is 30.7. The van der Waals surface area contributed by atoms with Gasteiger partial charge in [-0.25, -0.2) is 0 Å². The average molecular weight is 790 g/mol. The van der Waals surface area contributed by atoms with Crippen molar-refractivity contribution in [1.82, 2.24) is 0 Å². The molecule has 0 aliphatic heterocycles. The van der Waals surface area contributed by atoms with Gasteiger partial charge in [-0.05, 0) is 114 Å². The molecule has 290 valence electrons. The second-order valence-electron chi connectivity index (χ2n) is 16.0. The van der Waals surface area contributed by atoms with Gasteiger partial charge in [0, 0.05) is 33.1 Å². The Bertz CT molecular complexity index is 3620. The van der Waals surface area contributed by atoms with E-state index in [4.69, 9.17) is 4.42 Å². The molecule has 0 atom stereocenters. The molecule has 0 spiro atoms. The van der Waals surface area contributed by atoms with Crippen molar-refractivity contribution in [3.05, 3.63) is 237 Å². The minimum absolute atomic E-state index is 0.879. The molecule has 1 heterocycles. The summed E-state index contributed by atoms with van der Waals surface area (Å²) in [5.41, 5.74) is 14.5. The topological polar surface area (TPSA) is 16.4 Å². The Morgan fingerprint density at radius 3 is 1.50 bits per heavy atom. The molecule has 0 N–H and O–H groups in total. The average Bonchev–Trinajstić information content (AvgIpc) is 3.74. The summed E-state index contributed by atoms with van der Waals surface area (Å²) >= 11 is 0. The predicted molar refractivity (Wildman–Crippen MR) is 263 cm³/mol. The summed E-state index contributed by atoms with van der Waals surface area (Å²) in [6.07, 6.45) is 0. The Morgan fingerprint density at radius 1 is 0.290 bits per heavy atom. The van der Waals surface area contributed by atoms with Crippen molar-refractivity contribution in [3.63, 3.8) is 0 Å². The summed E-state index contributed by atoms with van der Waals surface area (Å²) in [5.74, 6) is 0. The van der Waals surface area contributed by atoms with Gasteiger partial charge in [-0.3, -0.25) is 0 Å². The number of furan rings is 1. The number of fused-ring (bicyclic) bond motifs is 7. The molecule has 0 amide bonds. The van der Waals surface area contributed by atoms with E-state index in [2.05, 4.69) is 241 Å². The standard InChI is InChI=1S/C60H39NO/c1-4-20-49-41(13-1)16-10-24-51(49)44-31-36-48(37-32-44)61(47-34-29-40(30-35-47)45-18-9-19-46(39-45)52-25-11-17-42-14-2-5-21-50(42)52)57-27-8-7-23-54(57)55-26-12-28-58-59(55)56-38-33-43-15-3-6-22-53(43)60(56)62-58/h1-39H. The van der Waals surface area contributed by atoms with Crippen molar-refractivity contribution in [3.8, 4) is 44.5 Å². The van der Waals surface area contributed by atoms with Crippen molar-refractivity contribution in [2.75, 3.05) is 4.90 Å². The molecule has 11 aromatic carbocycles. The molecule has 0 saturated heterocycles. The van der Waals surface area contributed by atoms with E-state index in [-0.39, 0.29) is 0 Å². The Labute approximate surface area is 360 Å². The molecule has 0 aliphatic rings. The summed E-state index contributed by atoms with van der Waals surface area (Å²) in [6, 6.07) is 85.4. The molecule has 0 bridgehead atoms. The maximum absolute atomic E-state index is 6.68.